The molecule has 0 saturated heterocycles. The van der Waals surface area contributed by atoms with Crippen molar-refractivity contribution in [3.63, 3.8) is 0 Å². The van der Waals surface area contributed by atoms with Crippen molar-refractivity contribution in [2.45, 2.75) is 51.7 Å². The van der Waals surface area contributed by atoms with E-state index in [9.17, 15) is 4.79 Å². The van der Waals surface area contributed by atoms with Crippen LogP contribution in [-0.2, 0) is 14.0 Å². The fourth-order valence-corrected chi connectivity index (χ4v) is 2.21. The molecule has 0 bridgehead atoms. The third-order valence-electron chi connectivity index (χ3n) is 3.46. The first-order valence-corrected chi connectivity index (χ1v) is 9.66. The Morgan fingerprint density at radius 2 is 1.84 bits per heavy atom. The number of unbranched alkanes of at least 4 members (excludes halogenated alkanes) is 1. The molecule has 4 heteroatoms. The predicted octanol–water partition coefficient (Wildman–Crippen LogP) is 4.07. The van der Waals surface area contributed by atoms with Gasteiger partial charge in [-0.25, -0.2) is 4.79 Å². The topological polar surface area (TPSA) is 35.5 Å². The van der Waals surface area contributed by atoms with Crippen LogP contribution in [0, 0.1) is 0 Å². The highest BCUT2D eigenvalue weighted by molar-refractivity contribution is 6.74. The van der Waals surface area contributed by atoms with Crippen molar-refractivity contribution in [3.05, 3.63) is 24.3 Å². The summed E-state index contributed by atoms with van der Waals surface area (Å²) in [5.41, 5.74) is 0. The molecule has 0 aromatic heterocycles. The van der Waals surface area contributed by atoms with Gasteiger partial charge in [0, 0.05) is 12.7 Å². The Labute approximate surface area is 118 Å². The minimum Gasteiger partial charge on any atom is -0.466 e. The summed E-state index contributed by atoms with van der Waals surface area (Å²) in [6.07, 6.45) is 8.97. The summed E-state index contributed by atoms with van der Waals surface area (Å²) in [6, 6.07) is 0. The maximum absolute atomic E-state index is 10.8. The Morgan fingerprint density at radius 3 is 2.37 bits per heavy atom. The van der Waals surface area contributed by atoms with Crippen LogP contribution in [0.1, 0.15) is 33.6 Å². The molecule has 3 nitrogen and oxygen atoms in total. The number of hydrogen-bond donors (Lipinski definition) is 0. The number of hydrogen-bond acceptors (Lipinski definition) is 3. The molecule has 110 valence electrons. The normalized spacial score (nSPS) is 13.4. The first-order chi connectivity index (χ1) is 8.70. The van der Waals surface area contributed by atoms with Crippen LogP contribution in [0.4, 0.5) is 0 Å². The van der Waals surface area contributed by atoms with Crippen molar-refractivity contribution >= 4 is 14.3 Å². The highest BCUT2D eigenvalue weighted by atomic mass is 28.4. The highest BCUT2D eigenvalue weighted by Gasteiger charge is 2.36. The summed E-state index contributed by atoms with van der Waals surface area (Å²) < 4.78 is 10.6. The second kappa shape index (κ2) is 8.33. The van der Waals surface area contributed by atoms with Crippen LogP contribution >= 0.6 is 0 Å². The Balaban J connectivity index is 3.80. The van der Waals surface area contributed by atoms with E-state index in [4.69, 9.17) is 4.43 Å². The molecule has 0 saturated carbocycles. The van der Waals surface area contributed by atoms with E-state index in [0.29, 0.717) is 0 Å². The van der Waals surface area contributed by atoms with Crippen molar-refractivity contribution in [3.8, 4) is 0 Å². The lowest BCUT2D eigenvalue weighted by atomic mass is 10.2. The van der Waals surface area contributed by atoms with Gasteiger partial charge in [0.05, 0.1) is 7.11 Å². The van der Waals surface area contributed by atoms with Crippen molar-refractivity contribution in [2.24, 2.45) is 0 Å². The summed E-state index contributed by atoms with van der Waals surface area (Å²) in [4.78, 5) is 10.8. The highest BCUT2D eigenvalue weighted by Crippen LogP contribution is 2.36. The van der Waals surface area contributed by atoms with E-state index >= 15 is 0 Å². The molecule has 0 atom stereocenters. The van der Waals surface area contributed by atoms with E-state index in [1.54, 1.807) is 6.08 Å². The molecule has 0 aromatic carbocycles. The average Bonchev–Trinajstić information content (AvgIpc) is 2.30. The zero-order valence-electron chi connectivity index (χ0n) is 13.2. The number of ether oxygens (including phenoxy) is 1. The lowest BCUT2D eigenvalue weighted by Gasteiger charge is -2.36. The molecule has 0 aliphatic rings. The van der Waals surface area contributed by atoms with E-state index < -0.39 is 8.32 Å². The van der Waals surface area contributed by atoms with Gasteiger partial charge in [-0.15, -0.1) is 0 Å². The Bertz CT molecular complexity index is 325. The molecular formula is C15H28O3Si. The van der Waals surface area contributed by atoms with E-state index in [1.165, 1.54) is 13.2 Å². The van der Waals surface area contributed by atoms with Gasteiger partial charge >= 0.3 is 5.97 Å². The van der Waals surface area contributed by atoms with Crippen LogP contribution < -0.4 is 0 Å². The largest absolute Gasteiger partial charge is 0.466 e. The monoisotopic (exact) mass is 284 g/mol. The van der Waals surface area contributed by atoms with Gasteiger partial charge in [0.25, 0.3) is 0 Å². The molecule has 19 heavy (non-hydrogen) atoms. The first kappa shape index (κ1) is 18.1. The van der Waals surface area contributed by atoms with Crippen LogP contribution in [0.3, 0.4) is 0 Å². The van der Waals surface area contributed by atoms with Gasteiger partial charge in [-0.2, -0.15) is 0 Å². The van der Waals surface area contributed by atoms with Crippen LogP contribution in [0.25, 0.3) is 0 Å². The fourth-order valence-electron chi connectivity index (χ4n) is 1.12. The summed E-state index contributed by atoms with van der Waals surface area (Å²) in [7, 11) is -0.230. The number of rotatable bonds is 7. The Hall–Kier alpha value is -0.873. The SMILES string of the molecule is COC(=O)/C=C/C=C/CCCO[Si](C)(C)C(C)(C)C. The molecule has 0 N–H and O–H groups in total. The number of esters is 1. The lowest BCUT2D eigenvalue weighted by Crippen LogP contribution is -2.40. The van der Waals surface area contributed by atoms with Crippen LogP contribution in [0.15, 0.2) is 24.3 Å². The predicted molar refractivity (Wildman–Crippen MR) is 82.7 cm³/mol. The maximum atomic E-state index is 10.8. The second-order valence-electron chi connectivity index (χ2n) is 6.06. The van der Waals surface area contributed by atoms with E-state index in [1.807, 2.05) is 12.2 Å². The van der Waals surface area contributed by atoms with Crippen molar-refractivity contribution in [2.75, 3.05) is 13.7 Å². The molecule has 0 aliphatic heterocycles. The smallest absolute Gasteiger partial charge is 0.330 e. The van der Waals surface area contributed by atoms with Crippen molar-refractivity contribution in [1.29, 1.82) is 0 Å². The molecule has 0 unspecified atom stereocenters. The van der Waals surface area contributed by atoms with Crippen molar-refractivity contribution < 1.29 is 14.0 Å². The van der Waals surface area contributed by atoms with Crippen molar-refractivity contribution in [1.82, 2.24) is 0 Å². The molecule has 0 fully saturated rings. The first-order valence-electron chi connectivity index (χ1n) is 6.76. The minimum atomic E-state index is -1.60. The third-order valence-corrected chi connectivity index (χ3v) is 8.00. The summed E-state index contributed by atoms with van der Waals surface area (Å²) in [5, 5.41) is 0.270. The summed E-state index contributed by atoms with van der Waals surface area (Å²) >= 11 is 0. The van der Waals surface area contributed by atoms with Crippen LogP contribution in [0.5, 0.6) is 0 Å². The van der Waals surface area contributed by atoms with Gasteiger partial charge in [-0.1, -0.05) is 39.0 Å². The molecule has 0 aliphatic carbocycles. The molecule has 0 amide bonds. The van der Waals surface area contributed by atoms with E-state index in [0.717, 1.165) is 19.4 Å². The number of carbonyl (C=O) groups excluding carboxylic acids is 1. The van der Waals surface area contributed by atoms with E-state index in [-0.39, 0.29) is 11.0 Å². The van der Waals surface area contributed by atoms with Gasteiger partial charge in [-0.3, -0.25) is 0 Å². The second-order valence-corrected chi connectivity index (χ2v) is 10.9. The molecule has 0 rings (SSSR count). The van der Waals surface area contributed by atoms with E-state index in [2.05, 4.69) is 38.6 Å². The summed E-state index contributed by atoms with van der Waals surface area (Å²) in [6.45, 7) is 12.1. The number of allylic oxidation sites excluding steroid dienone is 3. The lowest BCUT2D eigenvalue weighted by molar-refractivity contribution is -0.134. The fraction of sp³-hybridized carbons (Fsp3) is 0.667. The maximum Gasteiger partial charge on any atom is 0.330 e. The average molecular weight is 284 g/mol. The minimum absolute atomic E-state index is 0.270. The van der Waals surface area contributed by atoms with Gasteiger partial charge < -0.3 is 9.16 Å². The zero-order valence-corrected chi connectivity index (χ0v) is 14.2. The van der Waals surface area contributed by atoms with Gasteiger partial charge in [0.1, 0.15) is 0 Å². The molecule has 0 heterocycles. The molecule has 0 aromatic rings. The molecular weight excluding hydrogens is 256 g/mol. The third kappa shape index (κ3) is 8.00. The quantitative estimate of drug-likeness (QED) is 0.232. The van der Waals surface area contributed by atoms with Crippen LogP contribution in [0.2, 0.25) is 18.1 Å². The van der Waals surface area contributed by atoms with Gasteiger partial charge in [0.2, 0.25) is 0 Å². The van der Waals surface area contributed by atoms with Gasteiger partial charge in [0.15, 0.2) is 8.32 Å². The standard InChI is InChI=1S/C15H28O3Si/c1-15(2,3)19(5,6)18-13-11-9-7-8-10-12-14(16)17-4/h7-8,10,12H,9,11,13H2,1-6H3/b8-7+,12-10+. The van der Waals surface area contributed by atoms with Crippen LogP contribution in [-0.4, -0.2) is 28.0 Å². The molecule has 0 spiro atoms. The summed E-state index contributed by atoms with van der Waals surface area (Å²) in [5.74, 6) is -0.328. The molecule has 0 radical (unpaired) electrons. The zero-order chi connectivity index (χ0) is 14.9. The number of carbonyl (C=O) groups is 1. The number of methoxy groups -OCH3 is 1. The van der Waals surface area contributed by atoms with Gasteiger partial charge in [-0.05, 0) is 31.0 Å². The Morgan fingerprint density at radius 1 is 1.21 bits per heavy atom. The Kier molecular flexibility index (Phi) is 7.95.